The molecule has 2 unspecified atom stereocenters. The summed E-state index contributed by atoms with van der Waals surface area (Å²) in [4.78, 5) is 28.6. The van der Waals surface area contributed by atoms with Crippen molar-refractivity contribution in [3.8, 4) is 11.5 Å². The first-order valence-electron chi connectivity index (χ1n) is 14.3. The van der Waals surface area contributed by atoms with Crippen LogP contribution < -0.4 is 9.47 Å². The number of aliphatic hydroxyl groups is 2. The van der Waals surface area contributed by atoms with E-state index in [1.165, 1.54) is 7.11 Å². The van der Waals surface area contributed by atoms with Gasteiger partial charge in [0.2, 0.25) is 6.79 Å². The molecule has 1 fully saturated rings. The Morgan fingerprint density at radius 2 is 1.97 bits per heavy atom. The summed E-state index contributed by atoms with van der Waals surface area (Å²) >= 11 is 0. The predicted octanol–water partition coefficient (Wildman–Crippen LogP) is 2.58. The van der Waals surface area contributed by atoms with E-state index in [0.29, 0.717) is 23.7 Å². The van der Waals surface area contributed by atoms with E-state index in [1.807, 2.05) is 12.1 Å². The summed E-state index contributed by atoms with van der Waals surface area (Å²) in [5, 5.41) is 21.7. The molecule has 10 nitrogen and oxygen atoms in total. The molecule has 1 aromatic rings. The lowest BCUT2D eigenvalue weighted by molar-refractivity contribution is -0.178. The normalized spacial score (nSPS) is 27.3. The Bertz CT molecular complexity index is 1180. The summed E-state index contributed by atoms with van der Waals surface area (Å²) in [7, 11) is 0.912. The molecular weight excluding hydrogens is 506 g/mol. The van der Waals surface area contributed by atoms with E-state index in [2.05, 4.69) is 11.0 Å². The van der Waals surface area contributed by atoms with Gasteiger partial charge in [0.05, 0.1) is 39.0 Å². The largest absolute Gasteiger partial charge is 0.497 e. The predicted molar refractivity (Wildman–Crippen MR) is 139 cm³/mol. The van der Waals surface area contributed by atoms with Gasteiger partial charge in [-0.3, -0.25) is 9.69 Å². The van der Waals surface area contributed by atoms with E-state index in [0.717, 1.165) is 43.5 Å². The number of esters is 2. The van der Waals surface area contributed by atoms with Crippen LogP contribution in [0.3, 0.4) is 0 Å². The van der Waals surface area contributed by atoms with Crippen LogP contribution in [0.4, 0.5) is 0 Å². The molecule has 0 aromatic heterocycles. The minimum absolute atomic E-state index is 0.126. The highest BCUT2D eigenvalue weighted by molar-refractivity contribution is 5.86. The van der Waals surface area contributed by atoms with Crippen molar-refractivity contribution in [1.29, 1.82) is 0 Å². The van der Waals surface area contributed by atoms with Crippen molar-refractivity contribution in [1.82, 2.24) is 4.90 Å². The van der Waals surface area contributed by atoms with Crippen molar-refractivity contribution in [2.75, 3.05) is 34.1 Å². The van der Waals surface area contributed by atoms with Crippen molar-refractivity contribution in [2.45, 2.75) is 87.6 Å². The van der Waals surface area contributed by atoms with Gasteiger partial charge < -0.3 is 33.9 Å². The highest BCUT2D eigenvalue weighted by Crippen LogP contribution is 2.55. The molecule has 0 saturated carbocycles. The second-order valence-corrected chi connectivity index (χ2v) is 11.7. The third-order valence-electron chi connectivity index (χ3n) is 8.55. The topological polar surface area (TPSA) is 124 Å². The van der Waals surface area contributed by atoms with Gasteiger partial charge in [-0.1, -0.05) is 0 Å². The molecule has 1 saturated heterocycles. The van der Waals surface area contributed by atoms with Crippen LogP contribution >= 0.6 is 0 Å². The molecule has 0 bridgehead atoms. The molecule has 0 amide bonds. The molecule has 1 aliphatic carbocycles. The zero-order chi connectivity index (χ0) is 28.7. The summed E-state index contributed by atoms with van der Waals surface area (Å²) in [6.45, 7) is 5.12. The van der Waals surface area contributed by atoms with Crippen molar-refractivity contribution in [2.24, 2.45) is 0 Å². The smallest absolute Gasteiger partial charge is 0.339 e. The van der Waals surface area contributed by atoms with Crippen LogP contribution in [0.15, 0.2) is 24.0 Å². The van der Waals surface area contributed by atoms with E-state index >= 15 is 0 Å². The van der Waals surface area contributed by atoms with Gasteiger partial charge in [-0.25, -0.2) is 4.79 Å². The Morgan fingerprint density at radius 3 is 2.69 bits per heavy atom. The number of nitrogens with zero attached hydrogens (tertiary/aromatic N) is 1. The van der Waals surface area contributed by atoms with Crippen LogP contribution in [-0.2, 0) is 30.2 Å². The number of hydrogen-bond donors (Lipinski definition) is 2. The molecule has 214 valence electrons. The van der Waals surface area contributed by atoms with Crippen LogP contribution in [0, 0.1) is 0 Å². The first-order valence-corrected chi connectivity index (χ1v) is 13.5. The van der Waals surface area contributed by atoms with Gasteiger partial charge in [0.1, 0.15) is 5.76 Å². The molecule has 4 atom stereocenters. The van der Waals surface area contributed by atoms with E-state index < -0.39 is 48.3 Å². The quantitative estimate of drug-likeness (QED) is 0.447. The lowest BCUT2D eigenvalue weighted by Crippen LogP contribution is -2.49. The average Bonchev–Trinajstić information content (AvgIpc) is 3.57. The summed E-state index contributed by atoms with van der Waals surface area (Å²) in [6, 6.07) is 3.97. The molecule has 39 heavy (non-hydrogen) atoms. The Hall–Kier alpha value is -2.82. The number of benzene rings is 1. The number of fused-ring (bicyclic) bond motifs is 3. The summed E-state index contributed by atoms with van der Waals surface area (Å²) < 4.78 is 35.2. The maximum absolute atomic E-state index is 13.8. The van der Waals surface area contributed by atoms with E-state index in [1.54, 1.807) is 13.8 Å². The van der Waals surface area contributed by atoms with E-state index in [9.17, 15) is 19.8 Å². The first-order chi connectivity index (χ1) is 19.0. The fourth-order valence-corrected chi connectivity index (χ4v) is 6.69. The highest BCUT2D eigenvalue weighted by Gasteiger charge is 2.59. The number of carbonyl (C=O) groups excluding carboxylic acids is 2. The van der Waals surface area contributed by atoms with Gasteiger partial charge in [0, 0.05) is 6.54 Å². The zero-order valence-electron chi connectivity index (χ0n) is 23.9. The number of hydrogen-bond acceptors (Lipinski definition) is 10. The third-order valence-corrected chi connectivity index (χ3v) is 8.55. The molecule has 2 N–H and O–H groups in total. The van der Waals surface area contributed by atoms with Crippen LogP contribution in [0.1, 0.15) is 70.8 Å². The minimum atomic E-state index is -2.20. The zero-order valence-corrected chi connectivity index (χ0v) is 22.9. The maximum Gasteiger partial charge on any atom is 0.339 e. The van der Waals surface area contributed by atoms with Crippen molar-refractivity contribution in [3.05, 3.63) is 35.1 Å². The average molecular weight is 547 g/mol. The van der Waals surface area contributed by atoms with Crippen LogP contribution in [0.5, 0.6) is 11.5 Å². The lowest BCUT2D eigenvalue weighted by Gasteiger charge is -2.39. The molecular formula is C29H39NO9. The third kappa shape index (κ3) is 5.10. The molecule has 10 heteroatoms. The maximum atomic E-state index is 13.8. The molecule has 4 aliphatic rings. The van der Waals surface area contributed by atoms with Crippen molar-refractivity contribution in [3.63, 3.8) is 0 Å². The van der Waals surface area contributed by atoms with Crippen molar-refractivity contribution < 1.29 is 44.9 Å². The van der Waals surface area contributed by atoms with Gasteiger partial charge in [-0.2, -0.15) is 0 Å². The molecule has 1 spiro atoms. The molecule has 3 heterocycles. The van der Waals surface area contributed by atoms with Crippen LogP contribution in [0.2, 0.25) is 0 Å². The van der Waals surface area contributed by atoms with E-state index in [4.69, 9.17) is 25.1 Å². The second kappa shape index (κ2) is 10.3. The fourth-order valence-electron chi connectivity index (χ4n) is 6.69. The van der Waals surface area contributed by atoms with Crippen molar-refractivity contribution >= 4 is 11.9 Å². The minimum Gasteiger partial charge on any atom is -0.497 e. The highest BCUT2D eigenvalue weighted by atomic mass is 16.7. The van der Waals surface area contributed by atoms with Gasteiger partial charge in [0.25, 0.3) is 0 Å². The standard InChI is InChI=1S/C29H39NO9/c1-27(2,33)8-5-10-29(34,16-23(31)36-4)26(32)39-25-22(35-3)15-28-9-6-11-30(28)12-7-18-13-20-21(38-17-37-20)14-19(18)24(25)28/h13-15,24-25,33-34H,5-12,16-17H2,1-4H3/t24-,25?,28?,29-/m1/s1/i4D. The van der Waals surface area contributed by atoms with Gasteiger partial charge in [-0.15, -0.1) is 0 Å². The first kappa shape index (κ1) is 26.4. The van der Waals surface area contributed by atoms with Gasteiger partial charge in [0.15, 0.2) is 23.2 Å². The molecule has 0 radical (unpaired) electrons. The number of methoxy groups -OCH3 is 2. The number of carbonyl (C=O) groups is 2. The Balaban J connectivity index is 1.49. The Kier molecular flexibility index (Phi) is 6.97. The molecule has 5 rings (SSSR count). The van der Waals surface area contributed by atoms with E-state index in [-0.39, 0.29) is 25.6 Å². The second-order valence-electron chi connectivity index (χ2n) is 11.7. The monoisotopic (exact) mass is 546 g/mol. The van der Waals surface area contributed by atoms with Gasteiger partial charge >= 0.3 is 11.9 Å². The number of ether oxygens (including phenoxy) is 5. The summed E-state index contributed by atoms with van der Waals surface area (Å²) in [6.07, 6.45) is 3.58. The van der Waals surface area contributed by atoms with Crippen LogP contribution in [0.25, 0.3) is 0 Å². The fraction of sp³-hybridized carbons (Fsp3) is 0.655. The SMILES string of the molecule is [2H]COC(=O)C[C@](O)(CCCC(C)(C)O)C(=O)OC1C(OC)=CC23CCCN2CCc2cc4c(cc2[C@H]13)OCO4. The van der Waals surface area contributed by atoms with Gasteiger partial charge in [-0.05, 0) is 88.3 Å². The lowest BCUT2D eigenvalue weighted by atomic mass is 9.77. The summed E-state index contributed by atoms with van der Waals surface area (Å²) in [5.74, 6) is -0.359. The Labute approximate surface area is 230 Å². The number of rotatable bonds is 9. The molecule has 1 aromatic carbocycles. The Morgan fingerprint density at radius 1 is 1.21 bits per heavy atom. The summed E-state index contributed by atoms with van der Waals surface area (Å²) in [5.41, 5.74) is -1.61. The van der Waals surface area contributed by atoms with Crippen LogP contribution in [-0.4, -0.2) is 84.0 Å². The molecule has 3 aliphatic heterocycles.